The lowest BCUT2D eigenvalue weighted by atomic mass is 9.92. The summed E-state index contributed by atoms with van der Waals surface area (Å²) in [4.78, 5) is 21.9. The van der Waals surface area contributed by atoms with Crippen LogP contribution in [0, 0.1) is 17.0 Å². The summed E-state index contributed by atoms with van der Waals surface area (Å²) in [7, 11) is -4.15. The Morgan fingerprint density at radius 3 is 2.48 bits per heavy atom. The highest BCUT2D eigenvalue weighted by molar-refractivity contribution is 7.89. The summed E-state index contributed by atoms with van der Waals surface area (Å²) in [5.41, 5.74) is -0.413. The van der Waals surface area contributed by atoms with Crippen molar-refractivity contribution in [3.05, 3.63) is 33.4 Å². The molecule has 1 saturated carbocycles. The number of carbonyl (C=O) groups excluding carboxylic acids is 1. The summed E-state index contributed by atoms with van der Waals surface area (Å²) in [6, 6.07) is 1.97. The van der Waals surface area contributed by atoms with Crippen molar-refractivity contribution in [3.63, 3.8) is 0 Å². The van der Waals surface area contributed by atoms with Crippen molar-refractivity contribution in [2.24, 2.45) is 5.14 Å². The molecule has 1 amide bonds. The number of non-ortho nitro benzene ring substituents is 1. The molecule has 8 nitrogen and oxygen atoms in total. The molecule has 0 atom stereocenters. The molecule has 2 rings (SSSR count). The lowest BCUT2D eigenvalue weighted by molar-refractivity contribution is -0.385. The van der Waals surface area contributed by atoms with E-state index in [4.69, 9.17) is 5.14 Å². The number of hydrogen-bond acceptors (Lipinski definition) is 5. The minimum Gasteiger partial charge on any atom is -0.349 e. The standard InChI is InChI=1S/C12H15N3O5S/c1-7-10(12(16)14-8-3-2-4-8)5-9(15(17)18)6-11(7)21(13,19)20/h5-6,8H,2-4H2,1H3,(H,14,16)(H2,13,19,20). The molecule has 0 unspecified atom stereocenters. The van der Waals surface area contributed by atoms with E-state index in [0.29, 0.717) is 0 Å². The maximum atomic E-state index is 12.2. The van der Waals surface area contributed by atoms with Crippen molar-refractivity contribution in [3.8, 4) is 0 Å². The Bertz CT molecular complexity index is 710. The van der Waals surface area contributed by atoms with Gasteiger partial charge in [-0.05, 0) is 31.7 Å². The van der Waals surface area contributed by atoms with Crippen molar-refractivity contribution < 1.29 is 18.1 Å². The molecule has 0 aromatic heterocycles. The van der Waals surface area contributed by atoms with Crippen LogP contribution in [0.1, 0.15) is 35.2 Å². The van der Waals surface area contributed by atoms with E-state index in [1.807, 2.05) is 0 Å². The second-order valence-electron chi connectivity index (χ2n) is 5.02. The fourth-order valence-corrected chi connectivity index (χ4v) is 2.95. The number of rotatable bonds is 4. The third-order valence-electron chi connectivity index (χ3n) is 3.55. The van der Waals surface area contributed by atoms with Crippen LogP contribution in [0.2, 0.25) is 0 Å². The topological polar surface area (TPSA) is 132 Å². The zero-order chi connectivity index (χ0) is 15.8. The molecule has 1 fully saturated rings. The Morgan fingerprint density at radius 2 is 2.05 bits per heavy atom. The van der Waals surface area contributed by atoms with Crippen LogP contribution in [-0.2, 0) is 10.0 Å². The summed E-state index contributed by atoms with van der Waals surface area (Å²) in [5.74, 6) is -0.522. The first kappa shape index (κ1) is 15.4. The van der Waals surface area contributed by atoms with Gasteiger partial charge >= 0.3 is 0 Å². The Kier molecular flexibility index (Phi) is 3.97. The SMILES string of the molecule is Cc1c(C(=O)NC2CCC2)cc([N+](=O)[O-])cc1S(N)(=O)=O. The largest absolute Gasteiger partial charge is 0.349 e. The number of amides is 1. The molecule has 0 saturated heterocycles. The van der Waals surface area contributed by atoms with Gasteiger partial charge in [0.15, 0.2) is 0 Å². The smallest absolute Gasteiger partial charge is 0.271 e. The number of primary sulfonamides is 1. The molecule has 3 N–H and O–H groups in total. The van der Waals surface area contributed by atoms with E-state index < -0.39 is 31.4 Å². The summed E-state index contributed by atoms with van der Waals surface area (Å²) in [6.45, 7) is 1.40. The molecule has 0 radical (unpaired) electrons. The summed E-state index contributed by atoms with van der Waals surface area (Å²) in [5, 5.41) is 18.7. The van der Waals surface area contributed by atoms with Gasteiger partial charge in [0.25, 0.3) is 11.6 Å². The molecule has 0 spiro atoms. The molecule has 0 aliphatic heterocycles. The fourth-order valence-electron chi connectivity index (χ4n) is 2.13. The highest BCUT2D eigenvalue weighted by Crippen LogP contribution is 2.26. The van der Waals surface area contributed by atoms with Crippen molar-refractivity contribution in [1.29, 1.82) is 0 Å². The maximum absolute atomic E-state index is 12.2. The molecule has 21 heavy (non-hydrogen) atoms. The van der Waals surface area contributed by atoms with Crippen LogP contribution in [0.3, 0.4) is 0 Å². The number of nitro benzene ring substituents is 1. The number of benzene rings is 1. The Labute approximate surface area is 121 Å². The lowest BCUT2D eigenvalue weighted by Gasteiger charge is -2.26. The van der Waals surface area contributed by atoms with Gasteiger partial charge in [-0.3, -0.25) is 14.9 Å². The number of nitro groups is 1. The highest BCUT2D eigenvalue weighted by Gasteiger charge is 2.26. The van der Waals surface area contributed by atoms with Gasteiger partial charge in [0.2, 0.25) is 10.0 Å². The number of nitrogens with one attached hydrogen (secondary N) is 1. The second kappa shape index (κ2) is 5.41. The minimum absolute atomic E-state index is 0.0362. The molecule has 1 aromatic carbocycles. The van der Waals surface area contributed by atoms with E-state index in [1.165, 1.54) is 6.92 Å². The Morgan fingerprint density at radius 1 is 1.43 bits per heavy atom. The molecule has 1 aromatic rings. The van der Waals surface area contributed by atoms with Crippen LogP contribution in [0.4, 0.5) is 5.69 Å². The van der Waals surface area contributed by atoms with E-state index in [9.17, 15) is 23.3 Å². The van der Waals surface area contributed by atoms with Crippen molar-refractivity contribution >= 4 is 21.6 Å². The monoisotopic (exact) mass is 313 g/mol. The van der Waals surface area contributed by atoms with Gasteiger partial charge in [-0.15, -0.1) is 0 Å². The molecular weight excluding hydrogens is 298 g/mol. The number of carbonyl (C=O) groups is 1. The fraction of sp³-hybridized carbons (Fsp3) is 0.417. The van der Waals surface area contributed by atoms with Gasteiger partial charge in [-0.1, -0.05) is 0 Å². The first-order chi connectivity index (χ1) is 9.70. The second-order valence-corrected chi connectivity index (χ2v) is 6.55. The molecule has 9 heteroatoms. The van der Waals surface area contributed by atoms with E-state index in [0.717, 1.165) is 31.4 Å². The number of hydrogen-bond donors (Lipinski definition) is 2. The van der Waals surface area contributed by atoms with Crippen LogP contribution in [0.5, 0.6) is 0 Å². The van der Waals surface area contributed by atoms with Crippen LogP contribution >= 0.6 is 0 Å². The van der Waals surface area contributed by atoms with E-state index in [2.05, 4.69) is 5.32 Å². The zero-order valence-electron chi connectivity index (χ0n) is 11.3. The predicted molar refractivity (Wildman–Crippen MR) is 74.3 cm³/mol. The highest BCUT2D eigenvalue weighted by atomic mass is 32.2. The third kappa shape index (κ3) is 3.19. The quantitative estimate of drug-likeness (QED) is 0.627. The van der Waals surface area contributed by atoms with Crippen molar-refractivity contribution in [2.75, 3.05) is 0 Å². The normalized spacial score (nSPS) is 15.3. The van der Waals surface area contributed by atoms with Crippen molar-refractivity contribution in [1.82, 2.24) is 5.32 Å². The van der Waals surface area contributed by atoms with Gasteiger partial charge < -0.3 is 5.32 Å². The first-order valence-corrected chi connectivity index (χ1v) is 7.87. The van der Waals surface area contributed by atoms with Gasteiger partial charge in [0.1, 0.15) is 0 Å². The molecule has 0 heterocycles. The average molecular weight is 313 g/mol. The van der Waals surface area contributed by atoms with Crippen molar-refractivity contribution in [2.45, 2.75) is 37.1 Å². The summed E-state index contributed by atoms with van der Waals surface area (Å²) < 4.78 is 23.0. The van der Waals surface area contributed by atoms with Crippen LogP contribution in [0.15, 0.2) is 17.0 Å². The van der Waals surface area contributed by atoms with Gasteiger partial charge in [0.05, 0.1) is 15.4 Å². The predicted octanol–water partition coefficient (Wildman–Crippen LogP) is 0.833. The maximum Gasteiger partial charge on any atom is 0.271 e. The van der Waals surface area contributed by atoms with E-state index >= 15 is 0 Å². The van der Waals surface area contributed by atoms with Gasteiger partial charge in [0, 0.05) is 18.2 Å². The lowest BCUT2D eigenvalue weighted by Crippen LogP contribution is -2.39. The Hall–Kier alpha value is -2.00. The first-order valence-electron chi connectivity index (χ1n) is 6.33. The van der Waals surface area contributed by atoms with Crippen LogP contribution in [-0.4, -0.2) is 25.3 Å². The number of sulfonamides is 1. The van der Waals surface area contributed by atoms with Crippen LogP contribution in [0.25, 0.3) is 0 Å². The molecular formula is C12H15N3O5S. The number of nitrogens with two attached hydrogens (primary N) is 1. The molecule has 0 bridgehead atoms. The zero-order valence-corrected chi connectivity index (χ0v) is 12.1. The van der Waals surface area contributed by atoms with Gasteiger partial charge in [-0.2, -0.15) is 0 Å². The summed E-state index contributed by atoms with van der Waals surface area (Å²) in [6.07, 6.45) is 2.71. The number of nitrogens with zero attached hydrogens (tertiary/aromatic N) is 1. The third-order valence-corrected chi connectivity index (χ3v) is 4.58. The molecule has 114 valence electrons. The minimum atomic E-state index is -4.15. The average Bonchev–Trinajstić information content (AvgIpc) is 2.32. The van der Waals surface area contributed by atoms with E-state index in [-0.39, 0.29) is 17.2 Å². The van der Waals surface area contributed by atoms with E-state index in [1.54, 1.807) is 0 Å². The molecule has 1 aliphatic rings. The molecule has 1 aliphatic carbocycles. The van der Waals surface area contributed by atoms with Gasteiger partial charge in [-0.25, -0.2) is 13.6 Å². The Balaban J connectivity index is 2.50. The summed E-state index contributed by atoms with van der Waals surface area (Å²) >= 11 is 0. The van der Waals surface area contributed by atoms with Crippen LogP contribution < -0.4 is 10.5 Å².